The van der Waals surface area contributed by atoms with Crippen LogP contribution in [0.25, 0.3) is 0 Å². The molecule has 1 heterocycles. The van der Waals surface area contributed by atoms with Gasteiger partial charge in [-0.05, 0) is 19.1 Å². The highest BCUT2D eigenvalue weighted by molar-refractivity contribution is 5.85. The Morgan fingerprint density at radius 2 is 1.94 bits per heavy atom. The van der Waals surface area contributed by atoms with Gasteiger partial charge in [0, 0.05) is 25.3 Å². The van der Waals surface area contributed by atoms with Crippen LogP contribution in [0.5, 0.6) is 0 Å². The van der Waals surface area contributed by atoms with Crippen LogP contribution in [0, 0.1) is 0 Å². The first-order chi connectivity index (χ1) is 8.20. The molecule has 0 amide bonds. The van der Waals surface area contributed by atoms with Gasteiger partial charge in [-0.15, -0.1) is 12.4 Å². The number of halogens is 1. The van der Waals surface area contributed by atoms with E-state index in [1.54, 1.807) is 0 Å². The summed E-state index contributed by atoms with van der Waals surface area (Å²) in [7, 11) is 1.92. The van der Waals surface area contributed by atoms with Crippen molar-refractivity contribution in [1.82, 2.24) is 9.78 Å². The second-order valence-corrected chi connectivity index (χ2v) is 4.03. The average molecular weight is 267 g/mol. The van der Waals surface area contributed by atoms with Gasteiger partial charge in [0.15, 0.2) is 0 Å². The number of hydrogen-bond donors (Lipinski definition) is 1. The first kappa shape index (κ1) is 14.4. The normalized spacial score (nSPS) is 9.89. The van der Waals surface area contributed by atoms with Crippen LogP contribution in [0.2, 0.25) is 0 Å². The maximum atomic E-state index is 5.68. The number of aryl methyl sites for hydroxylation is 1. The first-order valence-electron chi connectivity index (χ1n) is 5.79. The molecule has 4 nitrogen and oxygen atoms in total. The van der Waals surface area contributed by atoms with Crippen LogP contribution in [0.1, 0.15) is 12.6 Å². The number of rotatable bonds is 4. The Morgan fingerprint density at radius 3 is 2.44 bits per heavy atom. The molecule has 2 rings (SSSR count). The van der Waals surface area contributed by atoms with Crippen LogP contribution >= 0.6 is 12.4 Å². The molecule has 0 unspecified atom stereocenters. The molecule has 0 bridgehead atoms. The standard InChI is InChI=1S/C13H18N4.ClH/c1-3-17(11-7-5-4-6-8-11)10-12-9-13(14)15-16(12)2;/h4-9H,3,10H2,1-2H3,(H2,14,15);1H. The van der Waals surface area contributed by atoms with Crippen molar-refractivity contribution in [3.63, 3.8) is 0 Å². The molecule has 0 saturated carbocycles. The van der Waals surface area contributed by atoms with Gasteiger partial charge in [-0.1, -0.05) is 18.2 Å². The number of nitrogens with two attached hydrogens (primary N) is 1. The van der Waals surface area contributed by atoms with E-state index in [1.165, 1.54) is 5.69 Å². The monoisotopic (exact) mass is 266 g/mol. The van der Waals surface area contributed by atoms with E-state index < -0.39 is 0 Å². The quantitative estimate of drug-likeness (QED) is 0.925. The molecule has 0 aliphatic heterocycles. The van der Waals surface area contributed by atoms with Crippen LogP contribution < -0.4 is 10.6 Å². The van der Waals surface area contributed by atoms with Gasteiger partial charge in [-0.25, -0.2) is 0 Å². The number of nitrogen functional groups attached to an aromatic ring is 1. The van der Waals surface area contributed by atoms with E-state index in [2.05, 4.69) is 41.2 Å². The molecule has 0 radical (unpaired) electrons. The predicted molar refractivity (Wildman–Crippen MR) is 78.0 cm³/mol. The Labute approximate surface area is 114 Å². The van der Waals surface area contributed by atoms with E-state index in [9.17, 15) is 0 Å². The van der Waals surface area contributed by atoms with E-state index in [1.807, 2.05) is 23.9 Å². The van der Waals surface area contributed by atoms with Gasteiger partial charge in [0.05, 0.1) is 12.2 Å². The van der Waals surface area contributed by atoms with E-state index in [4.69, 9.17) is 5.73 Å². The van der Waals surface area contributed by atoms with Crippen LogP contribution in [-0.4, -0.2) is 16.3 Å². The molecule has 0 spiro atoms. The van der Waals surface area contributed by atoms with Crippen molar-refractivity contribution in [2.45, 2.75) is 13.5 Å². The van der Waals surface area contributed by atoms with Gasteiger partial charge in [-0.3, -0.25) is 4.68 Å². The third kappa shape index (κ3) is 3.17. The molecule has 2 aromatic rings. The van der Waals surface area contributed by atoms with Gasteiger partial charge in [0.25, 0.3) is 0 Å². The summed E-state index contributed by atoms with van der Waals surface area (Å²) >= 11 is 0. The van der Waals surface area contributed by atoms with Crippen LogP contribution in [0.15, 0.2) is 36.4 Å². The minimum atomic E-state index is 0. The highest BCUT2D eigenvalue weighted by Gasteiger charge is 2.08. The van der Waals surface area contributed by atoms with Crippen molar-refractivity contribution in [2.24, 2.45) is 7.05 Å². The molecule has 5 heteroatoms. The first-order valence-corrected chi connectivity index (χ1v) is 5.79. The highest BCUT2D eigenvalue weighted by Crippen LogP contribution is 2.16. The molecule has 18 heavy (non-hydrogen) atoms. The smallest absolute Gasteiger partial charge is 0.145 e. The van der Waals surface area contributed by atoms with Crippen LogP contribution in [0.3, 0.4) is 0 Å². The number of benzene rings is 1. The Morgan fingerprint density at radius 1 is 1.28 bits per heavy atom. The molecule has 1 aromatic carbocycles. The summed E-state index contributed by atoms with van der Waals surface area (Å²) in [6.45, 7) is 3.92. The zero-order chi connectivity index (χ0) is 12.3. The van der Waals surface area contributed by atoms with Gasteiger partial charge < -0.3 is 10.6 Å². The van der Waals surface area contributed by atoms with E-state index in [0.29, 0.717) is 5.82 Å². The maximum absolute atomic E-state index is 5.68. The van der Waals surface area contributed by atoms with Gasteiger partial charge >= 0.3 is 0 Å². The Kier molecular flexibility index (Phi) is 5.04. The van der Waals surface area contributed by atoms with Gasteiger partial charge in [0.2, 0.25) is 0 Å². The van der Waals surface area contributed by atoms with Crippen LogP contribution in [-0.2, 0) is 13.6 Å². The second kappa shape index (κ2) is 6.31. The van der Waals surface area contributed by atoms with E-state index >= 15 is 0 Å². The van der Waals surface area contributed by atoms with E-state index in [-0.39, 0.29) is 12.4 Å². The highest BCUT2D eigenvalue weighted by atomic mass is 35.5. The number of para-hydroxylation sites is 1. The minimum absolute atomic E-state index is 0. The fourth-order valence-electron chi connectivity index (χ4n) is 1.90. The molecule has 0 atom stereocenters. The fraction of sp³-hybridized carbons (Fsp3) is 0.308. The number of anilines is 2. The minimum Gasteiger partial charge on any atom is -0.382 e. The Bertz CT molecular complexity index is 481. The number of aromatic nitrogens is 2. The molecule has 2 N–H and O–H groups in total. The molecule has 0 aliphatic rings. The molecular formula is C13H19ClN4. The summed E-state index contributed by atoms with van der Waals surface area (Å²) in [5, 5.41) is 4.16. The van der Waals surface area contributed by atoms with Gasteiger partial charge in [0.1, 0.15) is 5.82 Å². The lowest BCUT2D eigenvalue weighted by Gasteiger charge is -2.22. The van der Waals surface area contributed by atoms with Crippen molar-refractivity contribution in [3.05, 3.63) is 42.1 Å². The Hall–Kier alpha value is -1.68. The SMILES string of the molecule is CCN(Cc1cc(N)nn1C)c1ccccc1.Cl. The topological polar surface area (TPSA) is 47.1 Å². The van der Waals surface area contributed by atoms with Gasteiger partial charge in [-0.2, -0.15) is 5.10 Å². The summed E-state index contributed by atoms with van der Waals surface area (Å²) in [4.78, 5) is 2.29. The molecule has 0 saturated heterocycles. The van der Waals surface area contributed by atoms with E-state index in [0.717, 1.165) is 18.8 Å². The lowest BCUT2D eigenvalue weighted by Crippen LogP contribution is -2.23. The molecule has 1 aromatic heterocycles. The number of hydrogen-bond acceptors (Lipinski definition) is 3. The molecular weight excluding hydrogens is 248 g/mol. The van der Waals surface area contributed by atoms with Crippen molar-refractivity contribution in [2.75, 3.05) is 17.2 Å². The molecule has 0 aliphatic carbocycles. The Balaban J connectivity index is 0.00000162. The summed E-state index contributed by atoms with van der Waals surface area (Å²) < 4.78 is 1.83. The number of nitrogens with zero attached hydrogens (tertiary/aromatic N) is 3. The van der Waals surface area contributed by atoms with Crippen molar-refractivity contribution in [3.8, 4) is 0 Å². The summed E-state index contributed by atoms with van der Waals surface area (Å²) in [6, 6.07) is 12.3. The summed E-state index contributed by atoms with van der Waals surface area (Å²) in [6.07, 6.45) is 0. The lowest BCUT2D eigenvalue weighted by atomic mass is 10.2. The second-order valence-electron chi connectivity index (χ2n) is 4.03. The average Bonchev–Trinajstić information content (AvgIpc) is 2.66. The van der Waals surface area contributed by atoms with Crippen molar-refractivity contribution < 1.29 is 0 Å². The third-order valence-electron chi connectivity index (χ3n) is 2.85. The largest absolute Gasteiger partial charge is 0.382 e. The zero-order valence-corrected chi connectivity index (χ0v) is 11.5. The lowest BCUT2D eigenvalue weighted by molar-refractivity contribution is 0.688. The maximum Gasteiger partial charge on any atom is 0.145 e. The molecule has 98 valence electrons. The summed E-state index contributed by atoms with van der Waals surface area (Å²) in [5.74, 6) is 0.576. The fourth-order valence-corrected chi connectivity index (χ4v) is 1.90. The summed E-state index contributed by atoms with van der Waals surface area (Å²) in [5.41, 5.74) is 8.02. The van der Waals surface area contributed by atoms with Crippen molar-refractivity contribution >= 4 is 23.9 Å². The third-order valence-corrected chi connectivity index (χ3v) is 2.85. The predicted octanol–water partition coefficient (Wildman–Crippen LogP) is 2.45. The van der Waals surface area contributed by atoms with Crippen LogP contribution in [0.4, 0.5) is 11.5 Å². The zero-order valence-electron chi connectivity index (χ0n) is 10.7. The molecule has 0 fully saturated rings. The van der Waals surface area contributed by atoms with Crippen molar-refractivity contribution in [1.29, 1.82) is 0 Å².